The molecule has 2 fully saturated rings. The Labute approximate surface area is 238 Å². The standard InChI is InChI=1S/C33H44O7/c1-7-27-21(4)13-14-33(40-27)18-24-17-23(39-33)12-11-20(3)15-19(2)9-8-10-25-28-26(31(35)37-24)16-22(5)29(34)30(28)38-32(25)36-6/h8-11,16,19,21,23-24,27,32,34H,7,12-15,17-18H2,1-6H3/t19-,21-,23+,24-,27+,32?,33+/m0/s1. The van der Waals surface area contributed by atoms with Gasteiger partial charge in [0.25, 0.3) is 0 Å². The molecule has 4 aliphatic heterocycles. The second kappa shape index (κ2) is 11.7. The van der Waals surface area contributed by atoms with Crippen molar-refractivity contribution in [1.29, 1.82) is 0 Å². The average Bonchev–Trinajstić information content (AvgIpc) is 3.29. The summed E-state index contributed by atoms with van der Waals surface area (Å²) >= 11 is 0. The van der Waals surface area contributed by atoms with E-state index in [1.54, 1.807) is 20.1 Å². The zero-order valence-corrected chi connectivity index (χ0v) is 24.7. The molecule has 1 aromatic carbocycles. The van der Waals surface area contributed by atoms with Crippen LogP contribution in [0.15, 0.2) is 35.9 Å². The Bertz CT molecular complexity index is 1210. The highest BCUT2D eigenvalue weighted by Gasteiger charge is 2.48. The maximum Gasteiger partial charge on any atom is 0.339 e. The van der Waals surface area contributed by atoms with Crippen LogP contribution in [-0.2, 0) is 18.9 Å². The molecule has 7 atom stereocenters. The van der Waals surface area contributed by atoms with Gasteiger partial charge in [0, 0.05) is 37.5 Å². The van der Waals surface area contributed by atoms with Crippen LogP contribution < -0.4 is 4.74 Å². The van der Waals surface area contributed by atoms with E-state index >= 15 is 0 Å². The minimum absolute atomic E-state index is 0.00456. The summed E-state index contributed by atoms with van der Waals surface area (Å²) in [6.45, 7) is 10.5. The molecule has 0 amide bonds. The van der Waals surface area contributed by atoms with E-state index in [1.807, 2.05) is 12.2 Å². The van der Waals surface area contributed by atoms with Crippen LogP contribution in [0.4, 0.5) is 0 Å². The van der Waals surface area contributed by atoms with Gasteiger partial charge >= 0.3 is 5.97 Å². The van der Waals surface area contributed by atoms with E-state index in [0.29, 0.717) is 46.9 Å². The Kier molecular flexibility index (Phi) is 8.46. The summed E-state index contributed by atoms with van der Waals surface area (Å²) in [6.07, 6.45) is 12.7. The van der Waals surface area contributed by atoms with E-state index in [2.05, 4.69) is 39.8 Å². The smallest absolute Gasteiger partial charge is 0.339 e. The molecule has 0 aromatic heterocycles. The van der Waals surface area contributed by atoms with Crippen LogP contribution in [0.3, 0.4) is 0 Å². The van der Waals surface area contributed by atoms with Crippen molar-refractivity contribution in [3.8, 4) is 11.5 Å². The van der Waals surface area contributed by atoms with E-state index in [-0.39, 0.29) is 29.8 Å². The highest BCUT2D eigenvalue weighted by Crippen LogP contribution is 2.48. The Balaban J connectivity index is 1.56. The number of fused-ring (bicyclic) bond motifs is 2. The monoisotopic (exact) mass is 552 g/mol. The number of aromatic hydroxyl groups is 1. The molecule has 218 valence electrons. The van der Waals surface area contributed by atoms with Crippen LogP contribution in [0.25, 0.3) is 5.57 Å². The average molecular weight is 553 g/mol. The van der Waals surface area contributed by atoms with Gasteiger partial charge in [0.05, 0.1) is 17.8 Å². The van der Waals surface area contributed by atoms with Gasteiger partial charge in [-0.3, -0.25) is 0 Å². The van der Waals surface area contributed by atoms with E-state index in [0.717, 1.165) is 32.1 Å². The summed E-state index contributed by atoms with van der Waals surface area (Å²) < 4.78 is 31.2. The number of rotatable bonds is 2. The van der Waals surface area contributed by atoms with Gasteiger partial charge in [-0.1, -0.05) is 50.6 Å². The molecule has 1 spiro atoms. The molecule has 7 nitrogen and oxygen atoms in total. The molecule has 0 aliphatic carbocycles. The van der Waals surface area contributed by atoms with Gasteiger partial charge < -0.3 is 28.8 Å². The zero-order chi connectivity index (χ0) is 28.6. The van der Waals surface area contributed by atoms with Crippen LogP contribution in [0.5, 0.6) is 11.5 Å². The topological polar surface area (TPSA) is 83.5 Å². The minimum Gasteiger partial charge on any atom is -0.504 e. The fraction of sp³-hybridized carbons (Fsp3) is 0.606. The summed E-state index contributed by atoms with van der Waals surface area (Å²) in [5.74, 6) is -0.178. The van der Waals surface area contributed by atoms with Gasteiger partial charge in [0.2, 0.25) is 6.29 Å². The molecule has 7 heteroatoms. The maximum absolute atomic E-state index is 13.9. The van der Waals surface area contributed by atoms with Crippen molar-refractivity contribution in [1.82, 2.24) is 0 Å². The molecular weight excluding hydrogens is 508 g/mol. The minimum atomic E-state index is -0.758. The van der Waals surface area contributed by atoms with Crippen LogP contribution in [0.2, 0.25) is 0 Å². The van der Waals surface area contributed by atoms with E-state index in [1.165, 1.54) is 5.57 Å². The predicted octanol–water partition coefficient (Wildman–Crippen LogP) is 7.01. The quantitative estimate of drug-likeness (QED) is 0.312. The lowest BCUT2D eigenvalue weighted by molar-refractivity contribution is -0.334. The van der Waals surface area contributed by atoms with E-state index in [9.17, 15) is 9.90 Å². The van der Waals surface area contributed by atoms with E-state index in [4.69, 9.17) is 23.7 Å². The first-order chi connectivity index (χ1) is 19.1. The molecular formula is C33H44O7. The lowest BCUT2D eigenvalue weighted by Crippen LogP contribution is -2.54. The predicted molar refractivity (Wildman–Crippen MR) is 153 cm³/mol. The SMILES string of the molecule is CC[C@H]1O[C@]2(CC[C@@H]1C)C[C@@H]1C[C@@H](CC=C(C)C[C@@H](C)C=CC=C3c4c(cc(C)c(O)c4OC3OC)C(=O)O1)O2. The number of phenols is 1. The second-order valence-corrected chi connectivity index (χ2v) is 12.2. The summed E-state index contributed by atoms with van der Waals surface area (Å²) in [5.41, 5.74) is 3.40. The summed E-state index contributed by atoms with van der Waals surface area (Å²) in [5, 5.41) is 10.9. The third kappa shape index (κ3) is 5.74. The van der Waals surface area contributed by atoms with Crippen LogP contribution in [0, 0.1) is 18.8 Å². The van der Waals surface area contributed by atoms with Crippen molar-refractivity contribution in [3.63, 3.8) is 0 Å². The van der Waals surface area contributed by atoms with Crippen LogP contribution in [-0.4, -0.2) is 48.6 Å². The molecule has 1 N–H and O–H groups in total. The molecule has 4 aliphatic rings. The lowest BCUT2D eigenvalue weighted by Gasteiger charge is -2.49. The normalized spacial score (nSPS) is 34.5. The molecule has 1 aromatic rings. The fourth-order valence-corrected chi connectivity index (χ4v) is 6.68. The van der Waals surface area contributed by atoms with Crippen molar-refractivity contribution in [3.05, 3.63) is 52.6 Å². The fourth-order valence-electron chi connectivity index (χ4n) is 6.68. The van der Waals surface area contributed by atoms with Gasteiger partial charge in [-0.15, -0.1) is 0 Å². The number of methoxy groups -OCH3 is 1. The van der Waals surface area contributed by atoms with Gasteiger partial charge in [-0.05, 0) is 63.0 Å². The number of phenolic OH excluding ortho intramolecular Hbond substituents is 1. The molecule has 2 bridgehead atoms. The molecule has 2 saturated heterocycles. The van der Waals surface area contributed by atoms with Crippen molar-refractivity contribution >= 4 is 11.5 Å². The van der Waals surface area contributed by atoms with Gasteiger partial charge in [-0.2, -0.15) is 0 Å². The molecule has 0 saturated carbocycles. The highest BCUT2D eigenvalue weighted by molar-refractivity contribution is 6.00. The van der Waals surface area contributed by atoms with E-state index < -0.39 is 18.0 Å². The number of benzene rings is 1. The zero-order valence-electron chi connectivity index (χ0n) is 24.7. The molecule has 1 unspecified atom stereocenters. The first kappa shape index (κ1) is 28.9. The van der Waals surface area contributed by atoms with Crippen molar-refractivity contribution < 1.29 is 33.6 Å². The summed E-state index contributed by atoms with van der Waals surface area (Å²) in [4.78, 5) is 13.9. The van der Waals surface area contributed by atoms with Crippen molar-refractivity contribution in [2.24, 2.45) is 11.8 Å². The van der Waals surface area contributed by atoms with Gasteiger partial charge in [-0.25, -0.2) is 4.79 Å². The Morgan fingerprint density at radius 1 is 1.15 bits per heavy atom. The maximum atomic E-state index is 13.9. The second-order valence-electron chi connectivity index (χ2n) is 12.2. The first-order valence-electron chi connectivity index (χ1n) is 14.8. The van der Waals surface area contributed by atoms with Crippen molar-refractivity contribution in [2.75, 3.05) is 7.11 Å². The van der Waals surface area contributed by atoms with Crippen LogP contribution >= 0.6 is 0 Å². The molecule has 0 radical (unpaired) electrons. The summed E-state index contributed by atoms with van der Waals surface area (Å²) in [6, 6.07) is 1.69. The number of carbonyl (C=O) groups is 1. The Hall–Kier alpha value is -2.61. The first-order valence-corrected chi connectivity index (χ1v) is 14.8. The van der Waals surface area contributed by atoms with Gasteiger partial charge in [0.15, 0.2) is 17.3 Å². The third-order valence-electron chi connectivity index (χ3n) is 8.84. The number of ether oxygens (including phenoxy) is 5. The van der Waals surface area contributed by atoms with Crippen molar-refractivity contribution in [2.45, 2.75) is 110 Å². The van der Waals surface area contributed by atoms with Crippen LogP contribution in [0.1, 0.15) is 94.1 Å². The molecule has 5 rings (SSSR count). The molecule has 4 heterocycles. The summed E-state index contributed by atoms with van der Waals surface area (Å²) in [7, 11) is 1.55. The number of esters is 1. The van der Waals surface area contributed by atoms with Gasteiger partial charge in [0.1, 0.15) is 6.10 Å². The number of carbonyl (C=O) groups excluding carboxylic acids is 1. The third-order valence-corrected chi connectivity index (χ3v) is 8.84. The highest BCUT2D eigenvalue weighted by atomic mass is 16.7. The number of allylic oxidation sites excluding steroid dienone is 4. The number of hydrogen-bond donors (Lipinski definition) is 1. The largest absolute Gasteiger partial charge is 0.504 e. The lowest BCUT2D eigenvalue weighted by atomic mass is 9.85. The Morgan fingerprint density at radius 3 is 2.70 bits per heavy atom. The number of hydrogen-bond acceptors (Lipinski definition) is 7. The molecule has 40 heavy (non-hydrogen) atoms. The Morgan fingerprint density at radius 2 is 1.95 bits per heavy atom. The number of aryl methyl sites for hydroxylation is 1.